The Balaban J connectivity index is 2.29. The molecule has 138 valence electrons. The van der Waals surface area contributed by atoms with Crippen molar-refractivity contribution in [3.05, 3.63) is 27.4 Å². The third-order valence-electron chi connectivity index (χ3n) is 3.59. The highest BCUT2D eigenvalue weighted by molar-refractivity contribution is 7.71. The normalized spacial score (nSPS) is 13.2. The van der Waals surface area contributed by atoms with E-state index in [1.165, 1.54) is 0 Å². The second-order valence-corrected chi connectivity index (χ2v) is 7.97. The molecular formula is C17H26N4O3S. The number of nitrogens with one attached hydrogen (secondary N) is 3. The van der Waals surface area contributed by atoms with Gasteiger partial charge in [-0.25, -0.2) is 4.79 Å². The van der Waals surface area contributed by atoms with Crippen LogP contribution in [0.2, 0.25) is 0 Å². The Labute approximate surface area is 151 Å². The van der Waals surface area contributed by atoms with Gasteiger partial charge in [0.2, 0.25) is 0 Å². The van der Waals surface area contributed by atoms with Crippen molar-refractivity contribution in [2.45, 2.75) is 59.2 Å². The molecule has 0 unspecified atom stereocenters. The first-order valence-corrected chi connectivity index (χ1v) is 8.77. The molecule has 7 nitrogen and oxygen atoms in total. The van der Waals surface area contributed by atoms with Gasteiger partial charge in [-0.3, -0.25) is 9.78 Å². The van der Waals surface area contributed by atoms with Gasteiger partial charge in [0.25, 0.3) is 5.56 Å². The maximum absolute atomic E-state index is 12.2. The van der Waals surface area contributed by atoms with E-state index in [2.05, 4.69) is 29.1 Å². The number of carbonyl (C=O) groups excluding carboxylic acids is 1. The minimum absolute atomic E-state index is 0.175. The number of fused-ring (bicyclic) bond motifs is 1. The Morgan fingerprint density at radius 3 is 2.68 bits per heavy atom. The van der Waals surface area contributed by atoms with Gasteiger partial charge in [0.15, 0.2) is 4.77 Å². The monoisotopic (exact) mass is 366 g/mol. The van der Waals surface area contributed by atoms with Crippen LogP contribution in [0.25, 0.3) is 11.0 Å². The minimum Gasteiger partial charge on any atom is -0.444 e. The molecule has 0 radical (unpaired) electrons. The second-order valence-electron chi connectivity index (χ2n) is 7.58. The molecule has 0 spiro atoms. The zero-order valence-corrected chi connectivity index (χ0v) is 16.1. The standard InChI is InChI=1S/C17H26N4O3S/c1-10(2)8-11(19-16(23)24-17(3,4)5)9-21-12-6-7-18-13(12)14(22)20-15(21)25/h6-7,10-11,18H,8-9H2,1-5H3,(H,19,23)(H,20,22,25)/t11-/m0/s1. The number of aromatic nitrogens is 3. The van der Waals surface area contributed by atoms with Crippen molar-refractivity contribution in [2.24, 2.45) is 5.92 Å². The predicted molar refractivity (Wildman–Crippen MR) is 100 cm³/mol. The Bertz CT molecular complexity index is 857. The van der Waals surface area contributed by atoms with Gasteiger partial charge >= 0.3 is 6.09 Å². The summed E-state index contributed by atoms with van der Waals surface area (Å²) in [5.41, 5.74) is 0.374. The van der Waals surface area contributed by atoms with Crippen LogP contribution in [0.15, 0.2) is 17.1 Å². The number of ether oxygens (including phenoxy) is 1. The molecule has 8 heteroatoms. The van der Waals surface area contributed by atoms with Crippen LogP contribution < -0.4 is 10.9 Å². The van der Waals surface area contributed by atoms with Crippen LogP contribution in [-0.2, 0) is 11.3 Å². The van der Waals surface area contributed by atoms with E-state index in [0.717, 1.165) is 6.42 Å². The van der Waals surface area contributed by atoms with Gasteiger partial charge < -0.3 is 19.6 Å². The van der Waals surface area contributed by atoms with E-state index in [0.29, 0.717) is 28.3 Å². The maximum Gasteiger partial charge on any atom is 0.407 e. The van der Waals surface area contributed by atoms with E-state index in [1.54, 1.807) is 12.3 Å². The smallest absolute Gasteiger partial charge is 0.407 e. The van der Waals surface area contributed by atoms with Crippen molar-refractivity contribution in [3.8, 4) is 0 Å². The third kappa shape index (κ3) is 5.19. The molecule has 0 aromatic carbocycles. The molecule has 0 aliphatic heterocycles. The first-order chi connectivity index (χ1) is 11.6. The molecule has 3 N–H and O–H groups in total. The summed E-state index contributed by atoms with van der Waals surface area (Å²) < 4.78 is 7.52. The van der Waals surface area contributed by atoms with E-state index in [4.69, 9.17) is 17.0 Å². The molecule has 1 atom stereocenters. The Kier molecular flexibility index (Phi) is 5.72. The lowest BCUT2D eigenvalue weighted by atomic mass is 10.0. The lowest BCUT2D eigenvalue weighted by Gasteiger charge is -2.25. The quantitative estimate of drug-likeness (QED) is 0.708. The molecule has 1 amide bonds. The SMILES string of the molecule is CC(C)C[C@@H](Cn1c(=S)[nH]c(=O)c2[nH]ccc21)NC(=O)OC(C)(C)C. The van der Waals surface area contributed by atoms with E-state index in [9.17, 15) is 9.59 Å². The van der Waals surface area contributed by atoms with E-state index >= 15 is 0 Å². The van der Waals surface area contributed by atoms with Gasteiger partial charge in [0, 0.05) is 12.7 Å². The number of H-pyrrole nitrogens is 2. The number of rotatable bonds is 5. The van der Waals surface area contributed by atoms with Gasteiger partial charge in [-0.15, -0.1) is 0 Å². The fourth-order valence-electron chi connectivity index (χ4n) is 2.73. The van der Waals surface area contributed by atoms with Crippen molar-refractivity contribution in [1.29, 1.82) is 0 Å². The Morgan fingerprint density at radius 1 is 1.40 bits per heavy atom. The predicted octanol–water partition coefficient (Wildman–Crippen LogP) is 3.33. The topological polar surface area (TPSA) is 91.9 Å². The number of amides is 1. The van der Waals surface area contributed by atoms with Crippen LogP contribution in [0.3, 0.4) is 0 Å². The maximum atomic E-state index is 12.2. The van der Waals surface area contributed by atoms with Gasteiger partial charge in [0.05, 0.1) is 11.6 Å². The molecule has 2 aromatic heterocycles. The number of aromatic amines is 2. The third-order valence-corrected chi connectivity index (χ3v) is 3.91. The molecule has 0 saturated heterocycles. The van der Waals surface area contributed by atoms with E-state index < -0.39 is 11.7 Å². The highest BCUT2D eigenvalue weighted by Crippen LogP contribution is 2.14. The Hall–Kier alpha value is -2.09. The van der Waals surface area contributed by atoms with Crippen LogP contribution >= 0.6 is 12.2 Å². The summed E-state index contributed by atoms with van der Waals surface area (Å²) in [7, 11) is 0. The number of hydrogen-bond acceptors (Lipinski definition) is 4. The van der Waals surface area contributed by atoms with Crippen molar-refractivity contribution in [3.63, 3.8) is 0 Å². The average Bonchev–Trinajstić information content (AvgIpc) is 2.90. The second kappa shape index (κ2) is 7.43. The van der Waals surface area contributed by atoms with Gasteiger partial charge in [-0.05, 0) is 51.4 Å². The summed E-state index contributed by atoms with van der Waals surface area (Å²) in [6.45, 7) is 10.1. The van der Waals surface area contributed by atoms with Crippen LogP contribution in [0.1, 0.15) is 41.0 Å². The van der Waals surface area contributed by atoms with Crippen LogP contribution in [-0.4, -0.2) is 32.3 Å². The summed E-state index contributed by atoms with van der Waals surface area (Å²) in [5, 5.41) is 2.92. The van der Waals surface area contributed by atoms with Crippen LogP contribution in [0.4, 0.5) is 4.79 Å². The number of carbonyl (C=O) groups is 1. The van der Waals surface area contributed by atoms with Crippen molar-refractivity contribution >= 4 is 29.3 Å². The van der Waals surface area contributed by atoms with Crippen molar-refractivity contribution in [1.82, 2.24) is 19.9 Å². The highest BCUT2D eigenvalue weighted by atomic mass is 32.1. The number of alkyl carbamates (subject to hydrolysis) is 1. The molecule has 0 bridgehead atoms. The van der Waals surface area contributed by atoms with Crippen LogP contribution in [0.5, 0.6) is 0 Å². The molecule has 0 aliphatic carbocycles. The summed E-state index contributed by atoms with van der Waals surface area (Å²) >= 11 is 5.32. The average molecular weight is 366 g/mol. The molecule has 2 aromatic rings. The number of hydrogen-bond donors (Lipinski definition) is 3. The molecule has 0 aliphatic rings. The zero-order chi connectivity index (χ0) is 18.8. The fraction of sp³-hybridized carbons (Fsp3) is 0.588. The summed E-state index contributed by atoms with van der Waals surface area (Å²) in [6, 6.07) is 1.63. The lowest BCUT2D eigenvalue weighted by Crippen LogP contribution is -2.42. The summed E-state index contributed by atoms with van der Waals surface area (Å²) in [6.07, 6.45) is 2.00. The molecular weight excluding hydrogens is 340 g/mol. The van der Waals surface area contributed by atoms with Gasteiger partial charge in [-0.1, -0.05) is 13.8 Å². The minimum atomic E-state index is -0.561. The largest absolute Gasteiger partial charge is 0.444 e. The van der Waals surface area contributed by atoms with Crippen LogP contribution in [0, 0.1) is 10.7 Å². The summed E-state index contributed by atoms with van der Waals surface area (Å²) in [4.78, 5) is 29.7. The molecule has 0 saturated carbocycles. The first-order valence-electron chi connectivity index (χ1n) is 8.36. The molecule has 2 rings (SSSR count). The van der Waals surface area contributed by atoms with Crippen molar-refractivity contribution < 1.29 is 9.53 Å². The molecule has 0 fully saturated rings. The lowest BCUT2D eigenvalue weighted by molar-refractivity contribution is 0.0493. The first kappa shape index (κ1) is 19.2. The van der Waals surface area contributed by atoms with Gasteiger partial charge in [0.1, 0.15) is 11.1 Å². The Morgan fingerprint density at radius 2 is 2.08 bits per heavy atom. The highest BCUT2D eigenvalue weighted by Gasteiger charge is 2.21. The summed E-state index contributed by atoms with van der Waals surface area (Å²) in [5.74, 6) is 0.374. The molecule has 2 heterocycles. The number of nitrogens with zero attached hydrogens (tertiary/aromatic N) is 1. The van der Waals surface area contributed by atoms with E-state index in [-0.39, 0.29) is 11.6 Å². The van der Waals surface area contributed by atoms with Gasteiger partial charge in [-0.2, -0.15) is 0 Å². The van der Waals surface area contributed by atoms with E-state index in [1.807, 2.05) is 25.3 Å². The van der Waals surface area contributed by atoms with Crippen molar-refractivity contribution in [2.75, 3.05) is 0 Å². The zero-order valence-electron chi connectivity index (χ0n) is 15.3. The fourth-order valence-corrected chi connectivity index (χ4v) is 2.99. The molecule has 25 heavy (non-hydrogen) atoms.